The molecular weight excluding hydrogens is 425 g/mol. The fourth-order valence-corrected chi connectivity index (χ4v) is 4.03. The number of carbonyl (C=O) groups is 1. The first-order chi connectivity index (χ1) is 15.6. The topological polar surface area (TPSA) is 95.4 Å². The molecule has 0 atom stereocenters. The molecule has 0 aliphatic carbocycles. The number of halogens is 1. The molecule has 0 radical (unpaired) electrons. The Morgan fingerprint density at radius 1 is 1.15 bits per heavy atom. The number of ether oxygens (including phenoxy) is 1. The molecule has 0 saturated carbocycles. The van der Waals surface area contributed by atoms with Crippen LogP contribution in [0.2, 0.25) is 0 Å². The van der Waals surface area contributed by atoms with Crippen molar-refractivity contribution in [1.29, 1.82) is 0 Å². The molecule has 33 heavy (non-hydrogen) atoms. The quantitative estimate of drug-likeness (QED) is 0.647. The third-order valence-corrected chi connectivity index (χ3v) is 5.59. The lowest BCUT2D eigenvalue weighted by atomic mass is 10.1. The molecule has 1 aliphatic heterocycles. The van der Waals surface area contributed by atoms with Crippen LogP contribution in [0.1, 0.15) is 39.7 Å². The summed E-state index contributed by atoms with van der Waals surface area (Å²) in [5, 5.41) is 0. The largest absolute Gasteiger partial charge is 0.444 e. The van der Waals surface area contributed by atoms with E-state index in [1.165, 1.54) is 12.1 Å². The van der Waals surface area contributed by atoms with Crippen LogP contribution >= 0.6 is 0 Å². The smallest absolute Gasteiger partial charge is 0.410 e. The summed E-state index contributed by atoms with van der Waals surface area (Å²) < 4.78 is 22.2. The number of pyridine rings is 1. The number of rotatable bonds is 3. The number of carbonyl (C=O) groups excluding carboxylic acids is 1. The Labute approximate surface area is 191 Å². The third-order valence-electron chi connectivity index (χ3n) is 5.59. The molecule has 4 rings (SSSR count). The number of hydrogen-bond acceptors (Lipinski definition) is 5. The molecule has 3 heterocycles. The number of amides is 1. The minimum atomic E-state index is -0.557. The van der Waals surface area contributed by atoms with E-state index in [1.807, 2.05) is 20.8 Å². The van der Waals surface area contributed by atoms with E-state index in [0.717, 1.165) is 5.56 Å². The molecule has 0 unspecified atom stereocenters. The van der Waals surface area contributed by atoms with Crippen molar-refractivity contribution in [2.45, 2.75) is 45.3 Å². The molecule has 1 aromatic carbocycles. The van der Waals surface area contributed by atoms with E-state index in [-0.39, 0.29) is 23.6 Å². The van der Waals surface area contributed by atoms with Crippen molar-refractivity contribution in [3.63, 3.8) is 0 Å². The maximum absolute atomic E-state index is 13.5. The predicted molar refractivity (Wildman–Crippen MR) is 124 cm³/mol. The lowest BCUT2D eigenvalue weighted by Crippen LogP contribution is -2.43. The summed E-state index contributed by atoms with van der Waals surface area (Å²) in [4.78, 5) is 31.6. The van der Waals surface area contributed by atoms with E-state index in [4.69, 9.17) is 10.5 Å². The van der Waals surface area contributed by atoms with Gasteiger partial charge in [0.25, 0.3) is 0 Å². The highest BCUT2D eigenvalue weighted by Crippen LogP contribution is 2.28. The highest BCUT2D eigenvalue weighted by atomic mass is 19.1. The minimum absolute atomic E-state index is 0.0872. The molecule has 2 aromatic heterocycles. The van der Waals surface area contributed by atoms with Gasteiger partial charge in [0.2, 0.25) is 0 Å². The number of nitrogens with zero attached hydrogens (tertiary/aromatic N) is 4. The summed E-state index contributed by atoms with van der Waals surface area (Å²) in [7, 11) is 0. The summed E-state index contributed by atoms with van der Waals surface area (Å²) in [5.74, 6) is -0.0422. The maximum Gasteiger partial charge on any atom is 0.410 e. The molecular formula is C24H28FN5O3. The zero-order valence-corrected chi connectivity index (χ0v) is 19.0. The van der Waals surface area contributed by atoms with Gasteiger partial charge in [-0.15, -0.1) is 0 Å². The van der Waals surface area contributed by atoms with Crippen LogP contribution in [0.5, 0.6) is 0 Å². The zero-order valence-electron chi connectivity index (χ0n) is 19.0. The Morgan fingerprint density at radius 2 is 1.82 bits per heavy atom. The summed E-state index contributed by atoms with van der Waals surface area (Å²) in [6, 6.07) is 9.17. The first kappa shape index (κ1) is 22.6. The normalized spacial score (nSPS) is 15.0. The zero-order chi connectivity index (χ0) is 23.8. The van der Waals surface area contributed by atoms with E-state index < -0.39 is 5.60 Å². The highest BCUT2D eigenvalue weighted by Gasteiger charge is 2.29. The van der Waals surface area contributed by atoms with Gasteiger partial charge >= 0.3 is 11.8 Å². The highest BCUT2D eigenvalue weighted by molar-refractivity contribution is 5.68. The van der Waals surface area contributed by atoms with E-state index in [0.29, 0.717) is 43.1 Å². The van der Waals surface area contributed by atoms with Gasteiger partial charge in [0.05, 0.1) is 11.4 Å². The van der Waals surface area contributed by atoms with Crippen LogP contribution in [0.15, 0.2) is 53.6 Å². The Kier molecular flexibility index (Phi) is 5.97. The lowest BCUT2D eigenvalue weighted by Gasteiger charge is -2.33. The fraction of sp³-hybridized carbons (Fsp3) is 0.375. The molecule has 2 N–H and O–H groups in total. The van der Waals surface area contributed by atoms with Crippen molar-refractivity contribution in [3.05, 3.63) is 65.1 Å². The van der Waals surface area contributed by atoms with Gasteiger partial charge in [-0.2, -0.15) is 0 Å². The predicted octanol–water partition coefficient (Wildman–Crippen LogP) is 3.99. The van der Waals surface area contributed by atoms with Crippen molar-refractivity contribution in [2.75, 3.05) is 18.8 Å². The minimum Gasteiger partial charge on any atom is -0.444 e. The van der Waals surface area contributed by atoms with Crippen molar-refractivity contribution in [1.82, 2.24) is 19.0 Å². The molecule has 3 aromatic rings. The van der Waals surface area contributed by atoms with Gasteiger partial charge in [0.1, 0.15) is 17.2 Å². The molecule has 174 valence electrons. The van der Waals surface area contributed by atoms with Gasteiger partial charge in [-0.05, 0) is 70.0 Å². The lowest BCUT2D eigenvalue weighted by molar-refractivity contribution is 0.0187. The van der Waals surface area contributed by atoms with Crippen LogP contribution in [-0.2, 0) is 4.74 Å². The number of nitrogens with two attached hydrogens (primary N) is 1. The molecule has 1 saturated heterocycles. The average Bonchev–Trinajstić information content (AvgIpc) is 3.10. The van der Waals surface area contributed by atoms with E-state index >= 15 is 0 Å². The van der Waals surface area contributed by atoms with Crippen LogP contribution in [0.25, 0.3) is 16.9 Å². The van der Waals surface area contributed by atoms with Crippen LogP contribution in [0, 0.1) is 5.82 Å². The Bertz CT molecular complexity index is 1200. The van der Waals surface area contributed by atoms with E-state index in [9.17, 15) is 14.0 Å². The number of anilines is 1. The van der Waals surface area contributed by atoms with Gasteiger partial charge in [0.15, 0.2) is 0 Å². The second-order valence-electron chi connectivity index (χ2n) is 9.18. The van der Waals surface area contributed by atoms with Gasteiger partial charge in [-0.25, -0.2) is 19.0 Å². The summed E-state index contributed by atoms with van der Waals surface area (Å²) in [5.41, 5.74) is 7.00. The number of likely N-dealkylation sites (tertiary alicyclic amines) is 1. The number of piperidine rings is 1. The molecule has 1 fully saturated rings. The number of nitrogen functional groups attached to an aromatic ring is 1. The standard InChI is InChI=1S/C24H28FN5O3/c1-24(2,3)33-23(32)28-12-9-18(10-13-28)29-15-20(16-8-11-27-21(26)14-16)30(22(29)31)19-6-4-17(25)5-7-19/h4-8,11,14-15,18H,9-10,12-13H2,1-3H3,(H2,26,27). The van der Waals surface area contributed by atoms with Gasteiger partial charge in [-0.3, -0.25) is 9.13 Å². The first-order valence-corrected chi connectivity index (χ1v) is 10.9. The van der Waals surface area contributed by atoms with Crippen LogP contribution in [0.3, 0.4) is 0 Å². The molecule has 0 bridgehead atoms. The molecule has 8 nitrogen and oxygen atoms in total. The fourth-order valence-electron chi connectivity index (χ4n) is 4.03. The van der Waals surface area contributed by atoms with E-state index in [1.54, 1.807) is 50.7 Å². The monoisotopic (exact) mass is 453 g/mol. The molecule has 1 aliphatic rings. The van der Waals surface area contributed by atoms with Crippen LogP contribution in [-0.4, -0.2) is 43.8 Å². The van der Waals surface area contributed by atoms with Crippen molar-refractivity contribution >= 4 is 11.9 Å². The second-order valence-corrected chi connectivity index (χ2v) is 9.18. The Morgan fingerprint density at radius 3 is 2.42 bits per heavy atom. The number of hydrogen-bond donors (Lipinski definition) is 1. The number of imidazole rings is 1. The summed E-state index contributed by atoms with van der Waals surface area (Å²) in [6.07, 6.45) is 4.27. The SMILES string of the molecule is CC(C)(C)OC(=O)N1CCC(n2cc(-c3ccnc(N)c3)n(-c3ccc(F)cc3)c2=O)CC1. The van der Waals surface area contributed by atoms with Crippen LogP contribution < -0.4 is 11.4 Å². The third kappa shape index (κ3) is 4.92. The van der Waals surface area contributed by atoms with E-state index in [2.05, 4.69) is 4.98 Å². The summed E-state index contributed by atoms with van der Waals surface area (Å²) >= 11 is 0. The summed E-state index contributed by atoms with van der Waals surface area (Å²) in [6.45, 7) is 6.49. The van der Waals surface area contributed by atoms with Crippen molar-refractivity contribution < 1.29 is 13.9 Å². The Hall–Kier alpha value is -3.62. The first-order valence-electron chi connectivity index (χ1n) is 10.9. The van der Waals surface area contributed by atoms with Gasteiger partial charge in [0, 0.05) is 37.1 Å². The molecule has 0 spiro atoms. The van der Waals surface area contributed by atoms with Crippen LogP contribution in [0.4, 0.5) is 15.0 Å². The Balaban J connectivity index is 1.66. The average molecular weight is 454 g/mol. The second kappa shape index (κ2) is 8.73. The molecule has 9 heteroatoms. The number of benzene rings is 1. The van der Waals surface area contributed by atoms with Crippen molar-refractivity contribution in [2.24, 2.45) is 0 Å². The van der Waals surface area contributed by atoms with Gasteiger partial charge in [-0.1, -0.05) is 0 Å². The molecule has 1 amide bonds. The maximum atomic E-state index is 13.5. The van der Waals surface area contributed by atoms with Crippen molar-refractivity contribution in [3.8, 4) is 16.9 Å². The van der Waals surface area contributed by atoms with Gasteiger partial charge < -0.3 is 15.4 Å². The number of aromatic nitrogens is 3.